The number of carbonyl (C=O) groups excluding carboxylic acids is 2. The van der Waals surface area contributed by atoms with Crippen LogP contribution in [-0.4, -0.2) is 21.8 Å². The molecule has 2 heterocycles. The van der Waals surface area contributed by atoms with Crippen LogP contribution >= 0.6 is 0 Å². The third kappa shape index (κ3) is 2.47. The Labute approximate surface area is 122 Å². The van der Waals surface area contributed by atoms with Crippen molar-refractivity contribution in [2.24, 2.45) is 11.5 Å². The Morgan fingerprint density at radius 3 is 2.29 bits per heavy atom. The summed E-state index contributed by atoms with van der Waals surface area (Å²) in [6.07, 6.45) is 2.96. The number of aromatic nitrogens is 2. The first-order valence-electron chi connectivity index (χ1n) is 6.36. The molecule has 0 aliphatic carbocycles. The second-order valence-corrected chi connectivity index (χ2v) is 4.81. The van der Waals surface area contributed by atoms with Crippen molar-refractivity contribution in [3.8, 4) is 11.1 Å². The van der Waals surface area contributed by atoms with Crippen LogP contribution in [0, 0.1) is 20.8 Å². The van der Waals surface area contributed by atoms with Crippen LogP contribution in [0.15, 0.2) is 18.5 Å². The van der Waals surface area contributed by atoms with E-state index in [4.69, 9.17) is 11.5 Å². The highest BCUT2D eigenvalue weighted by molar-refractivity contribution is 6.02. The monoisotopic (exact) mass is 284 g/mol. The minimum Gasteiger partial charge on any atom is -0.366 e. The van der Waals surface area contributed by atoms with Gasteiger partial charge in [0.1, 0.15) is 0 Å². The van der Waals surface area contributed by atoms with Gasteiger partial charge in [-0.15, -0.1) is 0 Å². The van der Waals surface area contributed by atoms with Gasteiger partial charge in [-0.3, -0.25) is 19.6 Å². The summed E-state index contributed by atoms with van der Waals surface area (Å²) < 4.78 is 0. The molecule has 21 heavy (non-hydrogen) atoms. The largest absolute Gasteiger partial charge is 0.366 e. The first kappa shape index (κ1) is 14.6. The van der Waals surface area contributed by atoms with E-state index in [-0.39, 0.29) is 5.56 Å². The molecule has 0 radical (unpaired) electrons. The van der Waals surface area contributed by atoms with Gasteiger partial charge in [0, 0.05) is 23.7 Å². The first-order chi connectivity index (χ1) is 9.84. The van der Waals surface area contributed by atoms with Gasteiger partial charge in [-0.25, -0.2) is 0 Å². The molecule has 0 fully saturated rings. The molecule has 0 bridgehead atoms. The summed E-state index contributed by atoms with van der Waals surface area (Å²) in [7, 11) is 0. The van der Waals surface area contributed by atoms with Crippen molar-refractivity contribution >= 4 is 11.8 Å². The van der Waals surface area contributed by atoms with E-state index in [2.05, 4.69) is 9.97 Å². The molecular weight excluding hydrogens is 268 g/mol. The van der Waals surface area contributed by atoms with Crippen molar-refractivity contribution in [3.63, 3.8) is 0 Å². The lowest BCUT2D eigenvalue weighted by atomic mass is 9.92. The van der Waals surface area contributed by atoms with Crippen LogP contribution in [0.3, 0.4) is 0 Å². The normalized spacial score (nSPS) is 10.4. The van der Waals surface area contributed by atoms with Crippen molar-refractivity contribution in [1.29, 1.82) is 0 Å². The molecule has 0 atom stereocenters. The highest BCUT2D eigenvalue weighted by Gasteiger charge is 2.20. The van der Waals surface area contributed by atoms with Crippen LogP contribution < -0.4 is 11.5 Å². The lowest BCUT2D eigenvalue weighted by Crippen LogP contribution is -2.18. The van der Waals surface area contributed by atoms with Crippen molar-refractivity contribution in [2.45, 2.75) is 20.8 Å². The molecule has 2 aromatic heterocycles. The van der Waals surface area contributed by atoms with Gasteiger partial charge >= 0.3 is 0 Å². The maximum absolute atomic E-state index is 11.6. The summed E-state index contributed by atoms with van der Waals surface area (Å²) in [6, 6.07) is 1.68. The number of nitrogens with zero attached hydrogens (tertiary/aromatic N) is 2. The van der Waals surface area contributed by atoms with Crippen molar-refractivity contribution < 1.29 is 9.59 Å². The van der Waals surface area contributed by atoms with Crippen LogP contribution in [0.4, 0.5) is 0 Å². The Bertz CT molecular complexity index is 754. The number of carbonyl (C=O) groups is 2. The van der Waals surface area contributed by atoms with Crippen molar-refractivity contribution in [3.05, 3.63) is 46.5 Å². The lowest BCUT2D eigenvalue weighted by molar-refractivity contribution is 0.0991. The minimum atomic E-state index is -0.585. The van der Waals surface area contributed by atoms with Gasteiger partial charge in [0.05, 0.1) is 16.8 Å². The molecule has 0 aliphatic rings. The second-order valence-electron chi connectivity index (χ2n) is 4.81. The Morgan fingerprint density at radius 2 is 1.71 bits per heavy atom. The van der Waals surface area contributed by atoms with Gasteiger partial charge < -0.3 is 11.5 Å². The van der Waals surface area contributed by atoms with E-state index in [1.165, 1.54) is 6.20 Å². The summed E-state index contributed by atoms with van der Waals surface area (Å²) in [6.45, 7) is 5.32. The quantitative estimate of drug-likeness (QED) is 0.883. The van der Waals surface area contributed by atoms with E-state index in [0.29, 0.717) is 33.6 Å². The van der Waals surface area contributed by atoms with Gasteiger partial charge in [-0.2, -0.15) is 0 Å². The standard InChI is InChI=1S/C15H16N4O2/c1-7-12(8(2)19-9(3)13(7)15(17)21)10-4-5-18-6-11(10)14(16)20/h4-6H,1-3H3,(H2,16,20)(H2,17,21). The summed E-state index contributed by atoms with van der Waals surface area (Å²) >= 11 is 0. The summed E-state index contributed by atoms with van der Waals surface area (Å²) in [5.41, 5.74) is 14.7. The van der Waals surface area contributed by atoms with Gasteiger partial charge in [-0.05, 0) is 38.0 Å². The molecule has 6 heteroatoms. The summed E-state index contributed by atoms with van der Waals surface area (Å²) in [5.74, 6) is -1.13. The highest BCUT2D eigenvalue weighted by atomic mass is 16.1. The Balaban J connectivity index is 2.85. The van der Waals surface area contributed by atoms with E-state index in [1.807, 2.05) is 6.92 Å². The fourth-order valence-corrected chi connectivity index (χ4v) is 2.60. The number of rotatable bonds is 3. The molecule has 2 rings (SSSR count). The number of aryl methyl sites for hydroxylation is 2. The highest BCUT2D eigenvalue weighted by Crippen LogP contribution is 2.31. The SMILES string of the molecule is Cc1nc(C)c(-c2ccncc2C(N)=O)c(C)c1C(N)=O. The van der Waals surface area contributed by atoms with Crippen molar-refractivity contribution in [1.82, 2.24) is 9.97 Å². The van der Waals surface area contributed by atoms with E-state index in [1.54, 1.807) is 26.1 Å². The molecule has 108 valence electrons. The minimum absolute atomic E-state index is 0.282. The number of hydrogen-bond acceptors (Lipinski definition) is 4. The van der Waals surface area contributed by atoms with Gasteiger partial charge in [0.25, 0.3) is 11.8 Å². The molecule has 2 amide bonds. The lowest BCUT2D eigenvalue weighted by Gasteiger charge is -2.16. The molecule has 2 aromatic rings. The first-order valence-corrected chi connectivity index (χ1v) is 6.36. The number of hydrogen-bond donors (Lipinski definition) is 2. The molecule has 0 spiro atoms. The average molecular weight is 284 g/mol. The topological polar surface area (TPSA) is 112 Å². The van der Waals surface area contributed by atoms with E-state index in [9.17, 15) is 9.59 Å². The second kappa shape index (κ2) is 5.32. The van der Waals surface area contributed by atoms with Gasteiger partial charge in [0.2, 0.25) is 0 Å². The fourth-order valence-electron chi connectivity index (χ4n) is 2.60. The molecule has 0 saturated carbocycles. The zero-order valence-corrected chi connectivity index (χ0v) is 12.1. The molecular formula is C15H16N4O2. The number of nitrogens with two attached hydrogens (primary N) is 2. The summed E-state index contributed by atoms with van der Waals surface area (Å²) in [4.78, 5) is 31.5. The maximum Gasteiger partial charge on any atom is 0.250 e. The zero-order valence-electron chi connectivity index (χ0n) is 12.1. The van der Waals surface area contributed by atoms with Crippen molar-refractivity contribution in [2.75, 3.05) is 0 Å². The summed E-state index contributed by atoms with van der Waals surface area (Å²) in [5, 5.41) is 0. The Kier molecular flexibility index (Phi) is 3.71. The molecule has 0 aliphatic heterocycles. The molecule has 0 unspecified atom stereocenters. The smallest absolute Gasteiger partial charge is 0.250 e. The number of pyridine rings is 2. The fraction of sp³-hybridized carbons (Fsp3) is 0.200. The van der Waals surface area contributed by atoms with E-state index < -0.39 is 11.8 Å². The third-order valence-electron chi connectivity index (χ3n) is 3.41. The zero-order chi connectivity index (χ0) is 15.7. The Hall–Kier alpha value is -2.76. The van der Waals surface area contributed by atoms with E-state index in [0.717, 1.165) is 0 Å². The predicted octanol–water partition coefficient (Wildman–Crippen LogP) is 1.27. The Morgan fingerprint density at radius 1 is 1.05 bits per heavy atom. The predicted molar refractivity (Wildman–Crippen MR) is 78.7 cm³/mol. The average Bonchev–Trinajstić information content (AvgIpc) is 2.37. The van der Waals surface area contributed by atoms with Gasteiger partial charge in [0.15, 0.2) is 0 Å². The van der Waals surface area contributed by atoms with Gasteiger partial charge in [-0.1, -0.05) is 0 Å². The van der Waals surface area contributed by atoms with Crippen LogP contribution in [0.1, 0.15) is 37.7 Å². The third-order valence-corrected chi connectivity index (χ3v) is 3.41. The molecule has 6 nitrogen and oxygen atoms in total. The molecule has 0 aromatic carbocycles. The number of amides is 2. The van der Waals surface area contributed by atoms with Crippen LogP contribution in [0.25, 0.3) is 11.1 Å². The van der Waals surface area contributed by atoms with Crippen LogP contribution in [-0.2, 0) is 0 Å². The van der Waals surface area contributed by atoms with E-state index >= 15 is 0 Å². The number of primary amides is 2. The van der Waals surface area contributed by atoms with Crippen LogP contribution in [0.2, 0.25) is 0 Å². The maximum atomic E-state index is 11.6. The van der Waals surface area contributed by atoms with Crippen LogP contribution in [0.5, 0.6) is 0 Å². The molecule has 0 saturated heterocycles. The molecule has 4 N–H and O–H groups in total.